The number of ether oxygens (including phenoxy) is 2. The molecule has 1 aromatic heterocycles. The van der Waals surface area contributed by atoms with Crippen LogP contribution in [0.4, 0.5) is 0 Å². The Morgan fingerprint density at radius 3 is 2.86 bits per heavy atom. The van der Waals surface area contributed by atoms with Crippen molar-refractivity contribution in [3.8, 4) is 0 Å². The SMILES string of the molecule is CS(=O)(=O)OC[C@@H](O)c1ccc(COC2CCCCO2)cn1. The minimum absolute atomic E-state index is 0.165. The molecule has 0 radical (unpaired) electrons. The molecule has 0 spiro atoms. The van der Waals surface area contributed by atoms with Gasteiger partial charge in [0.25, 0.3) is 10.1 Å². The van der Waals surface area contributed by atoms with Crippen LogP contribution in [0.1, 0.15) is 36.6 Å². The van der Waals surface area contributed by atoms with E-state index in [1.54, 1.807) is 18.3 Å². The fourth-order valence-electron chi connectivity index (χ4n) is 2.02. The first-order valence-electron chi connectivity index (χ1n) is 7.14. The van der Waals surface area contributed by atoms with E-state index in [4.69, 9.17) is 9.47 Å². The smallest absolute Gasteiger partial charge is 0.264 e. The van der Waals surface area contributed by atoms with Crippen LogP contribution in [0.25, 0.3) is 0 Å². The van der Waals surface area contributed by atoms with Gasteiger partial charge in [-0.3, -0.25) is 9.17 Å². The molecule has 8 heteroatoms. The molecule has 0 saturated carbocycles. The summed E-state index contributed by atoms with van der Waals surface area (Å²) in [6.45, 7) is 0.764. The maximum Gasteiger partial charge on any atom is 0.264 e. The van der Waals surface area contributed by atoms with E-state index >= 15 is 0 Å². The molecule has 22 heavy (non-hydrogen) atoms. The van der Waals surface area contributed by atoms with Crippen LogP contribution in [0.15, 0.2) is 18.3 Å². The van der Waals surface area contributed by atoms with Crippen molar-refractivity contribution in [3.63, 3.8) is 0 Å². The summed E-state index contributed by atoms with van der Waals surface area (Å²) in [5, 5.41) is 9.81. The van der Waals surface area contributed by atoms with Crippen molar-refractivity contribution in [2.75, 3.05) is 19.5 Å². The van der Waals surface area contributed by atoms with Crippen molar-refractivity contribution in [2.24, 2.45) is 0 Å². The molecule has 2 rings (SSSR count). The van der Waals surface area contributed by atoms with Crippen LogP contribution >= 0.6 is 0 Å². The van der Waals surface area contributed by atoms with Gasteiger partial charge in [0.05, 0.1) is 25.2 Å². The first kappa shape index (κ1) is 17.3. The van der Waals surface area contributed by atoms with Crippen LogP contribution in [-0.2, 0) is 30.4 Å². The third kappa shape index (κ3) is 5.98. The van der Waals surface area contributed by atoms with Gasteiger partial charge in [-0.15, -0.1) is 0 Å². The summed E-state index contributed by atoms with van der Waals surface area (Å²) in [6.07, 6.45) is 4.34. The van der Waals surface area contributed by atoms with Gasteiger partial charge in [0.2, 0.25) is 0 Å². The Kier molecular flexibility index (Phi) is 6.27. The predicted molar refractivity (Wildman–Crippen MR) is 78.4 cm³/mol. The number of rotatable bonds is 7. The zero-order valence-corrected chi connectivity index (χ0v) is 13.3. The van der Waals surface area contributed by atoms with E-state index in [0.29, 0.717) is 12.3 Å². The quantitative estimate of drug-likeness (QED) is 0.748. The highest BCUT2D eigenvalue weighted by Crippen LogP contribution is 2.16. The van der Waals surface area contributed by atoms with Gasteiger partial charge in [-0.25, -0.2) is 0 Å². The van der Waals surface area contributed by atoms with Gasteiger partial charge in [-0.1, -0.05) is 6.07 Å². The van der Waals surface area contributed by atoms with E-state index in [9.17, 15) is 13.5 Å². The van der Waals surface area contributed by atoms with Gasteiger partial charge in [-0.2, -0.15) is 8.42 Å². The van der Waals surface area contributed by atoms with Crippen molar-refractivity contribution in [1.29, 1.82) is 0 Å². The maximum absolute atomic E-state index is 10.9. The first-order chi connectivity index (χ1) is 10.4. The molecule has 1 saturated heterocycles. The van der Waals surface area contributed by atoms with E-state index in [2.05, 4.69) is 9.17 Å². The fourth-order valence-corrected chi connectivity index (χ4v) is 2.40. The monoisotopic (exact) mass is 331 g/mol. The van der Waals surface area contributed by atoms with Crippen molar-refractivity contribution in [1.82, 2.24) is 4.98 Å². The summed E-state index contributed by atoms with van der Waals surface area (Å²) >= 11 is 0. The highest BCUT2D eigenvalue weighted by atomic mass is 32.2. The van der Waals surface area contributed by atoms with Crippen molar-refractivity contribution in [3.05, 3.63) is 29.6 Å². The Morgan fingerprint density at radius 2 is 2.27 bits per heavy atom. The van der Waals surface area contributed by atoms with Crippen LogP contribution in [0, 0.1) is 0 Å². The maximum atomic E-state index is 10.9. The average molecular weight is 331 g/mol. The Bertz CT molecular complexity index is 553. The topological polar surface area (TPSA) is 95.0 Å². The van der Waals surface area contributed by atoms with Gasteiger partial charge in [0, 0.05) is 12.8 Å². The van der Waals surface area contributed by atoms with Crippen molar-refractivity contribution < 1.29 is 27.2 Å². The molecule has 1 fully saturated rings. The lowest BCUT2D eigenvalue weighted by Gasteiger charge is -2.22. The second kappa shape index (κ2) is 7.98. The number of hydrogen-bond donors (Lipinski definition) is 1. The Morgan fingerprint density at radius 1 is 1.45 bits per heavy atom. The molecule has 1 aliphatic heterocycles. The van der Waals surface area contributed by atoms with E-state index in [0.717, 1.165) is 37.7 Å². The van der Waals surface area contributed by atoms with Gasteiger partial charge >= 0.3 is 0 Å². The van der Waals surface area contributed by atoms with E-state index < -0.39 is 16.2 Å². The minimum Gasteiger partial charge on any atom is -0.384 e. The second-order valence-corrected chi connectivity index (χ2v) is 6.85. The third-order valence-corrected chi connectivity index (χ3v) is 3.77. The van der Waals surface area contributed by atoms with Crippen LogP contribution in [0.5, 0.6) is 0 Å². The summed E-state index contributed by atoms with van der Waals surface area (Å²) in [4.78, 5) is 4.10. The lowest BCUT2D eigenvalue weighted by Crippen LogP contribution is -2.22. The van der Waals surface area contributed by atoms with Crippen LogP contribution < -0.4 is 0 Å². The molecule has 0 amide bonds. The standard InChI is InChI=1S/C14H21NO6S/c1-22(17,18)21-10-13(16)12-6-5-11(8-15-12)9-20-14-4-2-3-7-19-14/h5-6,8,13-14,16H,2-4,7,9-10H2,1H3/t13-,14?/m1/s1. The number of aliphatic hydroxyl groups excluding tert-OH is 1. The molecule has 1 N–H and O–H groups in total. The van der Waals surface area contributed by atoms with Gasteiger partial charge in [0.1, 0.15) is 6.10 Å². The highest BCUT2D eigenvalue weighted by molar-refractivity contribution is 7.85. The summed E-state index contributed by atoms with van der Waals surface area (Å²) < 4.78 is 37.4. The average Bonchev–Trinajstić information content (AvgIpc) is 2.51. The molecule has 2 atom stereocenters. The van der Waals surface area contributed by atoms with Crippen LogP contribution in [-0.4, -0.2) is 44.3 Å². The summed E-state index contributed by atoms with van der Waals surface area (Å²) in [7, 11) is -3.58. The van der Waals surface area contributed by atoms with Gasteiger partial charge < -0.3 is 14.6 Å². The summed E-state index contributed by atoms with van der Waals surface area (Å²) in [5.74, 6) is 0. The van der Waals surface area contributed by atoms with Crippen LogP contribution in [0.2, 0.25) is 0 Å². The van der Waals surface area contributed by atoms with E-state index in [1.165, 1.54) is 0 Å². The van der Waals surface area contributed by atoms with E-state index in [-0.39, 0.29) is 12.9 Å². The number of nitrogens with zero attached hydrogens (tertiary/aromatic N) is 1. The molecule has 0 aromatic carbocycles. The predicted octanol–water partition coefficient (Wildman–Crippen LogP) is 1.13. The normalized spacial score (nSPS) is 20.7. The van der Waals surface area contributed by atoms with E-state index in [1.807, 2.05) is 0 Å². The zero-order valence-electron chi connectivity index (χ0n) is 12.5. The molecule has 1 unspecified atom stereocenters. The molecule has 1 aromatic rings. The molecule has 2 heterocycles. The number of hydrogen-bond acceptors (Lipinski definition) is 7. The lowest BCUT2D eigenvalue weighted by atomic mass is 10.2. The number of aromatic nitrogens is 1. The lowest BCUT2D eigenvalue weighted by molar-refractivity contribution is -0.168. The third-order valence-electron chi connectivity index (χ3n) is 3.20. The second-order valence-electron chi connectivity index (χ2n) is 5.20. The molecule has 0 aliphatic carbocycles. The Balaban J connectivity index is 1.81. The summed E-state index contributed by atoms with van der Waals surface area (Å²) in [5.41, 5.74) is 1.20. The molecule has 0 bridgehead atoms. The first-order valence-corrected chi connectivity index (χ1v) is 8.96. The number of pyridine rings is 1. The Labute approximate surface area is 130 Å². The molecular formula is C14H21NO6S. The van der Waals surface area contributed by atoms with Crippen LogP contribution in [0.3, 0.4) is 0 Å². The molecular weight excluding hydrogens is 310 g/mol. The van der Waals surface area contributed by atoms with Crippen molar-refractivity contribution in [2.45, 2.75) is 38.3 Å². The van der Waals surface area contributed by atoms with Gasteiger partial charge in [-0.05, 0) is 30.9 Å². The fraction of sp³-hybridized carbons (Fsp3) is 0.643. The number of aliphatic hydroxyl groups is 1. The molecule has 124 valence electrons. The highest BCUT2D eigenvalue weighted by Gasteiger charge is 2.15. The Hall–Kier alpha value is -1.06. The summed E-state index contributed by atoms with van der Waals surface area (Å²) in [6, 6.07) is 3.39. The zero-order chi connectivity index (χ0) is 16.0. The minimum atomic E-state index is -3.58. The van der Waals surface area contributed by atoms with Crippen molar-refractivity contribution >= 4 is 10.1 Å². The largest absolute Gasteiger partial charge is 0.384 e. The molecule has 1 aliphatic rings. The molecule has 7 nitrogen and oxygen atoms in total. The van der Waals surface area contributed by atoms with Gasteiger partial charge in [0.15, 0.2) is 6.29 Å².